The number of hydrogen-bond acceptors (Lipinski definition) is 6. The Morgan fingerprint density at radius 3 is 2.38 bits per heavy atom. The van der Waals surface area contributed by atoms with Crippen molar-refractivity contribution >= 4 is 11.4 Å². The van der Waals surface area contributed by atoms with Gasteiger partial charge in [-0.3, -0.25) is 15.0 Å². The average Bonchev–Trinajstić information content (AvgIpc) is 2.62. The molecule has 0 spiro atoms. The summed E-state index contributed by atoms with van der Waals surface area (Å²) < 4.78 is 5.41. The number of likely N-dealkylation sites (N-methyl/N-ethyl adjacent to an activating group) is 1. The van der Waals surface area contributed by atoms with Crippen molar-refractivity contribution in [2.75, 3.05) is 58.3 Å². The normalized spacial score (nSPS) is 21.0. The van der Waals surface area contributed by atoms with E-state index in [0.29, 0.717) is 11.8 Å². The molecule has 7 nitrogen and oxygen atoms in total. The second-order valence-corrected chi connectivity index (χ2v) is 6.67. The Balaban J connectivity index is 1.66. The SMILES string of the molecule is COc1ccc([N+](=O)[O-])cc1N1CCC(N2CCN(C)CC2)CC1. The zero-order valence-electron chi connectivity index (χ0n) is 14.5. The molecule has 1 aromatic rings. The van der Waals surface area contributed by atoms with E-state index in [1.54, 1.807) is 19.2 Å². The summed E-state index contributed by atoms with van der Waals surface area (Å²) in [5.74, 6) is 0.707. The molecule has 0 unspecified atom stereocenters. The van der Waals surface area contributed by atoms with Gasteiger partial charge in [-0.2, -0.15) is 0 Å². The van der Waals surface area contributed by atoms with Crippen LogP contribution < -0.4 is 9.64 Å². The van der Waals surface area contributed by atoms with Crippen molar-refractivity contribution in [3.05, 3.63) is 28.3 Å². The molecule has 7 heteroatoms. The fraction of sp³-hybridized carbons (Fsp3) is 0.647. The van der Waals surface area contributed by atoms with Crippen LogP contribution in [0.3, 0.4) is 0 Å². The number of benzene rings is 1. The van der Waals surface area contributed by atoms with Crippen LogP contribution in [0.2, 0.25) is 0 Å². The molecule has 3 rings (SSSR count). The number of hydrogen-bond donors (Lipinski definition) is 0. The molecule has 0 N–H and O–H groups in total. The first-order valence-corrected chi connectivity index (χ1v) is 8.58. The Morgan fingerprint density at radius 1 is 1.12 bits per heavy atom. The lowest BCUT2D eigenvalue weighted by molar-refractivity contribution is -0.384. The van der Waals surface area contributed by atoms with Gasteiger partial charge in [-0.1, -0.05) is 0 Å². The zero-order valence-corrected chi connectivity index (χ0v) is 14.5. The molecule has 0 aromatic heterocycles. The Hall–Kier alpha value is -1.86. The number of anilines is 1. The predicted molar refractivity (Wildman–Crippen MR) is 94.0 cm³/mol. The van der Waals surface area contributed by atoms with E-state index >= 15 is 0 Å². The molecule has 2 fully saturated rings. The zero-order chi connectivity index (χ0) is 17.1. The number of methoxy groups -OCH3 is 1. The van der Waals surface area contributed by atoms with Crippen LogP contribution in [0.4, 0.5) is 11.4 Å². The molecule has 0 bridgehead atoms. The molecule has 0 saturated carbocycles. The maximum atomic E-state index is 11.1. The third-order valence-electron chi connectivity index (χ3n) is 5.23. The summed E-state index contributed by atoms with van der Waals surface area (Å²) in [7, 11) is 3.79. The Kier molecular flexibility index (Phi) is 5.20. The average molecular weight is 334 g/mol. The van der Waals surface area contributed by atoms with E-state index in [9.17, 15) is 10.1 Å². The number of rotatable bonds is 4. The highest BCUT2D eigenvalue weighted by Crippen LogP contribution is 2.34. The van der Waals surface area contributed by atoms with Gasteiger partial charge in [-0.05, 0) is 26.0 Å². The highest BCUT2D eigenvalue weighted by molar-refractivity contribution is 5.63. The van der Waals surface area contributed by atoms with Gasteiger partial charge in [0, 0.05) is 57.4 Å². The summed E-state index contributed by atoms with van der Waals surface area (Å²) in [4.78, 5) is 17.9. The summed E-state index contributed by atoms with van der Waals surface area (Å²) in [5, 5.41) is 11.1. The van der Waals surface area contributed by atoms with Gasteiger partial charge in [0.25, 0.3) is 5.69 Å². The molecule has 2 heterocycles. The van der Waals surface area contributed by atoms with E-state index in [4.69, 9.17) is 4.74 Å². The molecule has 2 aliphatic heterocycles. The molecule has 2 saturated heterocycles. The van der Waals surface area contributed by atoms with Crippen LogP contribution in [0.1, 0.15) is 12.8 Å². The van der Waals surface area contributed by atoms with E-state index in [2.05, 4.69) is 21.7 Å². The van der Waals surface area contributed by atoms with Crippen molar-refractivity contribution in [2.24, 2.45) is 0 Å². The van der Waals surface area contributed by atoms with Gasteiger partial charge in [0.05, 0.1) is 17.7 Å². The van der Waals surface area contributed by atoms with Crippen molar-refractivity contribution in [2.45, 2.75) is 18.9 Å². The summed E-state index contributed by atoms with van der Waals surface area (Å²) in [6.45, 7) is 6.38. The van der Waals surface area contributed by atoms with Crippen molar-refractivity contribution in [3.8, 4) is 5.75 Å². The Bertz CT molecular complexity index is 579. The molecule has 132 valence electrons. The van der Waals surface area contributed by atoms with Gasteiger partial charge < -0.3 is 14.5 Å². The highest BCUT2D eigenvalue weighted by atomic mass is 16.6. The first kappa shape index (κ1) is 17.0. The fourth-order valence-corrected chi connectivity index (χ4v) is 3.70. The van der Waals surface area contributed by atoms with Crippen LogP contribution in [-0.4, -0.2) is 74.2 Å². The van der Waals surface area contributed by atoms with Gasteiger partial charge >= 0.3 is 0 Å². The lowest BCUT2D eigenvalue weighted by Gasteiger charge is -2.42. The molecule has 2 aliphatic rings. The van der Waals surface area contributed by atoms with Gasteiger partial charge in [-0.15, -0.1) is 0 Å². The highest BCUT2D eigenvalue weighted by Gasteiger charge is 2.28. The number of ether oxygens (including phenoxy) is 1. The van der Waals surface area contributed by atoms with Crippen LogP contribution in [0, 0.1) is 10.1 Å². The minimum absolute atomic E-state index is 0.118. The largest absolute Gasteiger partial charge is 0.495 e. The molecule has 24 heavy (non-hydrogen) atoms. The molecule has 1 aromatic carbocycles. The van der Waals surface area contributed by atoms with E-state index in [-0.39, 0.29) is 10.6 Å². The van der Waals surface area contributed by atoms with Crippen LogP contribution in [-0.2, 0) is 0 Å². The second kappa shape index (κ2) is 7.36. The first-order chi connectivity index (χ1) is 11.6. The molecule has 0 amide bonds. The maximum absolute atomic E-state index is 11.1. The van der Waals surface area contributed by atoms with Crippen molar-refractivity contribution in [3.63, 3.8) is 0 Å². The standard InChI is InChI=1S/C17H26N4O3/c1-18-9-11-19(12-10-18)14-5-7-20(8-6-14)16-13-15(21(22)23)3-4-17(16)24-2/h3-4,13-14H,5-12H2,1-2H3. The van der Waals surface area contributed by atoms with E-state index < -0.39 is 0 Å². The quantitative estimate of drug-likeness (QED) is 0.618. The van der Waals surface area contributed by atoms with Crippen molar-refractivity contribution in [1.29, 1.82) is 0 Å². The number of non-ortho nitro benzene ring substituents is 1. The van der Waals surface area contributed by atoms with Crippen LogP contribution >= 0.6 is 0 Å². The Morgan fingerprint density at radius 2 is 1.79 bits per heavy atom. The molecule has 0 aliphatic carbocycles. The number of nitro groups is 1. The summed E-state index contributed by atoms with van der Waals surface area (Å²) >= 11 is 0. The fourth-order valence-electron chi connectivity index (χ4n) is 3.70. The minimum Gasteiger partial charge on any atom is -0.495 e. The third kappa shape index (κ3) is 3.62. The number of nitrogens with zero attached hydrogens (tertiary/aromatic N) is 4. The summed E-state index contributed by atoms with van der Waals surface area (Å²) in [6.07, 6.45) is 2.19. The predicted octanol–water partition coefficient (Wildman–Crippen LogP) is 1.82. The molecule has 0 atom stereocenters. The summed E-state index contributed by atoms with van der Waals surface area (Å²) in [6, 6.07) is 5.45. The van der Waals surface area contributed by atoms with Crippen LogP contribution in [0.25, 0.3) is 0 Å². The van der Waals surface area contributed by atoms with E-state index in [1.165, 1.54) is 6.07 Å². The van der Waals surface area contributed by atoms with Gasteiger partial charge in [-0.25, -0.2) is 0 Å². The molecular formula is C17H26N4O3. The van der Waals surface area contributed by atoms with Gasteiger partial charge in [0.1, 0.15) is 5.75 Å². The topological polar surface area (TPSA) is 62.1 Å². The second-order valence-electron chi connectivity index (χ2n) is 6.67. The number of nitro benzene ring substituents is 1. The minimum atomic E-state index is -0.347. The lowest BCUT2D eigenvalue weighted by Crippen LogP contribution is -2.52. The monoisotopic (exact) mass is 334 g/mol. The van der Waals surface area contributed by atoms with Crippen LogP contribution in [0.5, 0.6) is 5.75 Å². The molecule has 0 radical (unpaired) electrons. The smallest absolute Gasteiger partial charge is 0.271 e. The van der Waals surface area contributed by atoms with Crippen molar-refractivity contribution in [1.82, 2.24) is 9.80 Å². The number of piperazine rings is 1. The van der Waals surface area contributed by atoms with E-state index in [0.717, 1.165) is 57.8 Å². The van der Waals surface area contributed by atoms with Crippen molar-refractivity contribution < 1.29 is 9.66 Å². The Labute approximate surface area is 142 Å². The first-order valence-electron chi connectivity index (χ1n) is 8.58. The van der Waals surface area contributed by atoms with Crippen LogP contribution in [0.15, 0.2) is 18.2 Å². The van der Waals surface area contributed by atoms with Gasteiger partial charge in [0.2, 0.25) is 0 Å². The lowest BCUT2D eigenvalue weighted by atomic mass is 10.0. The summed E-state index contributed by atoms with van der Waals surface area (Å²) in [5.41, 5.74) is 0.954. The number of piperidine rings is 1. The van der Waals surface area contributed by atoms with E-state index in [1.807, 2.05) is 0 Å². The molecular weight excluding hydrogens is 308 g/mol. The van der Waals surface area contributed by atoms with Gasteiger partial charge in [0.15, 0.2) is 0 Å². The maximum Gasteiger partial charge on any atom is 0.271 e. The third-order valence-corrected chi connectivity index (χ3v) is 5.23.